The monoisotopic (exact) mass is 504 g/mol. The van der Waals surface area contributed by atoms with Gasteiger partial charge in [-0.3, -0.25) is 9.52 Å². The van der Waals surface area contributed by atoms with E-state index in [2.05, 4.69) is 30.2 Å². The molecule has 0 atom stereocenters. The zero-order chi connectivity index (χ0) is 25.3. The maximum Gasteiger partial charge on any atom is 0.258 e. The van der Waals surface area contributed by atoms with Gasteiger partial charge in [-0.2, -0.15) is 0 Å². The highest BCUT2D eigenvalue weighted by atomic mass is 32.2. The number of hydrogen-bond acceptors (Lipinski definition) is 7. The van der Waals surface area contributed by atoms with Gasteiger partial charge in [0.1, 0.15) is 23.6 Å². The number of aryl methyl sites for hydroxylation is 1. The van der Waals surface area contributed by atoms with Gasteiger partial charge in [0, 0.05) is 18.5 Å². The number of aromatic nitrogens is 2. The third kappa shape index (κ3) is 5.33. The normalized spacial score (nSPS) is 14.5. The molecule has 0 radical (unpaired) electrons. The summed E-state index contributed by atoms with van der Waals surface area (Å²) >= 11 is 0. The highest BCUT2D eigenvalue weighted by Gasteiger charge is 2.25. The summed E-state index contributed by atoms with van der Waals surface area (Å²) in [6.07, 6.45) is 1.64. The Bertz CT molecular complexity index is 1390. The number of hydrogen-bond donors (Lipinski definition) is 3. The maximum atomic E-state index is 15.0. The lowest BCUT2D eigenvalue weighted by Gasteiger charge is -2.37. The van der Waals surface area contributed by atoms with Crippen molar-refractivity contribution in [2.45, 2.75) is 26.3 Å². The number of benzene rings is 2. The van der Waals surface area contributed by atoms with Crippen LogP contribution in [0, 0.1) is 18.6 Å². The van der Waals surface area contributed by atoms with Crippen molar-refractivity contribution in [2.24, 2.45) is 0 Å². The van der Waals surface area contributed by atoms with Gasteiger partial charge < -0.3 is 15.5 Å². The molecule has 1 aliphatic heterocycles. The van der Waals surface area contributed by atoms with Gasteiger partial charge in [0.05, 0.1) is 28.6 Å². The molecule has 35 heavy (non-hydrogen) atoms. The van der Waals surface area contributed by atoms with Gasteiger partial charge in [-0.05, 0) is 50.2 Å². The fourth-order valence-electron chi connectivity index (χ4n) is 4.00. The number of sulfonamides is 1. The molecule has 3 N–H and O–H groups in total. The highest BCUT2D eigenvalue weighted by Crippen LogP contribution is 2.30. The molecule has 1 aliphatic rings. The molecule has 1 amide bonds. The van der Waals surface area contributed by atoms with E-state index in [1.807, 2.05) is 13.1 Å². The van der Waals surface area contributed by atoms with E-state index in [1.165, 1.54) is 6.33 Å². The summed E-state index contributed by atoms with van der Waals surface area (Å²) in [4.78, 5) is 23.9. The maximum absolute atomic E-state index is 15.0. The van der Waals surface area contributed by atoms with Crippen molar-refractivity contribution in [3.8, 4) is 0 Å². The SMILES string of the molecule is CCCS(=O)(=O)Nc1ccc(F)c(NC(=O)c2cc(C)cc3c(NC4CN(C)C4)ncnc23)c1F. The average Bonchev–Trinajstić information content (AvgIpc) is 2.77. The average molecular weight is 505 g/mol. The summed E-state index contributed by atoms with van der Waals surface area (Å²) in [6.45, 7) is 5.14. The van der Waals surface area contributed by atoms with E-state index in [0.29, 0.717) is 23.1 Å². The minimum absolute atomic E-state index is 0.104. The van der Waals surface area contributed by atoms with Crippen molar-refractivity contribution in [1.82, 2.24) is 14.9 Å². The van der Waals surface area contributed by atoms with Crippen LogP contribution in [0.15, 0.2) is 30.6 Å². The number of carbonyl (C=O) groups is 1. The Morgan fingerprint density at radius 1 is 1.20 bits per heavy atom. The second-order valence-electron chi connectivity index (χ2n) is 8.65. The Kier molecular flexibility index (Phi) is 6.86. The van der Waals surface area contributed by atoms with Crippen molar-refractivity contribution in [2.75, 3.05) is 41.2 Å². The number of nitrogens with one attached hydrogen (secondary N) is 3. The Balaban J connectivity index is 1.67. The Labute approximate surface area is 202 Å². The molecular weight excluding hydrogens is 478 g/mol. The molecular formula is C23H26F2N6O3S. The lowest BCUT2D eigenvalue weighted by molar-refractivity contribution is 0.102. The Morgan fingerprint density at radius 3 is 2.63 bits per heavy atom. The van der Waals surface area contributed by atoms with E-state index in [4.69, 9.17) is 0 Å². The van der Waals surface area contributed by atoms with Crippen LogP contribution in [0.5, 0.6) is 0 Å². The van der Waals surface area contributed by atoms with E-state index in [0.717, 1.165) is 30.8 Å². The van der Waals surface area contributed by atoms with Crippen molar-refractivity contribution < 1.29 is 22.0 Å². The number of likely N-dealkylation sites (tertiary alicyclic amines) is 1. The summed E-state index contributed by atoms with van der Waals surface area (Å²) in [5.74, 6) is -2.72. The highest BCUT2D eigenvalue weighted by molar-refractivity contribution is 7.92. The summed E-state index contributed by atoms with van der Waals surface area (Å²) in [6, 6.07) is 5.46. The number of nitrogens with zero attached hydrogens (tertiary/aromatic N) is 3. The molecule has 0 aliphatic carbocycles. The molecule has 2 aromatic carbocycles. The largest absolute Gasteiger partial charge is 0.364 e. The third-order valence-corrected chi connectivity index (χ3v) is 7.08. The van der Waals surface area contributed by atoms with Gasteiger partial charge in [0.2, 0.25) is 10.0 Å². The standard InChI is InChI=1S/C23H26F2N6O3S/c1-4-7-35(33,34)30-18-6-5-17(24)21(19(18)25)29-23(32)16-9-13(2)8-15-20(16)26-12-27-22(15)28-14-10-31(3)11-14/h5-6,8-9,12,14,30H,4,7,10-11H2,1-3H3,(H,29,32)(H,26,27,28). The first-order valence-electron chi connectivity index (χ1n) is 11.1. The Hall–Kier alpha value is -3.38. The number of rotatable bonds is 8. The molecule has 12 heteroatoms. The number of halogens is 2. The van der Waals surface area contributed by atoms with E-state index in [9.17, 15) is 17.6 Å². The first-order chi connectivity index (χ1) is 16.6. The molecule has 0 saturated carbocycles. The van der Waals surface area contributed by atoms with Gasteiger partial charge in [-0.15, -0.1) is 0 Å². The van der Waals surface area contributed by atoms with Crippen molar-refractivity contribution in [3.63, 3.8) is 0 Å². The molecule has 186 valence electrons. The van der Waals surface area contributed by atoms with Crippen LogP contribution in [-0.4, -0.2) is 61.1 Å². The molecule has 1 aromatic heterocycles. The fourth-order valence-corrected chi connectivity index (χ4v) is 5.13. The van der Waals surface area contributed by atoms with Crippen LogP contribution in [-0.2, 0) is 10.0 Å². The van der Waals surface area contributed by atoms with E-state index in [1.54, 1.807) is 19.9 Å². The Morgan fingerprint density at radius 2 is 1.94 bits per heavy atom. The number of anilines is 3. The van der Waals surface area contributed by atoms with Gasteiger partial charge in [0.15, 0.2) is 5.82 Å². The summed E-state index contributed by atoms with van der Waals surface area (Å²) in [5.41, 5.74) is -0.0612. The topological polar surface area (TPSA) is 116 Å². The van der Waals surface area contributed by atoms with E-state index < -0.39 is 38.9 Å². The van der Waals surface area contributed by atoms with Crippen molar-refractivity contribution in [1.29, 1.82) is 0 Å². The predicted octanol–water partition coefficient (Wildman–Crippen LogP) is 3.35. The second kappa shape index (κ2) is 9.70. The van der Waals surface area contributed by atoms with Crippen LogP contribution in [0.2, 0.25) is 0 Å². The minimum Gasteiger partial charge on any atom is -0.364 e. The molecule has 0 unspecified atom stereocenters. The number of likely N-dealkylation sites (N-methyl/N-ethyl adjacent to an activating group) is 1. The summed E-state index contributed by atoms with van der Waals surface area (Å²) < 4.78 is 55.7. The third-order valence-electron chi connectivity index (χ3n) is 5.60. The van der Waals surface area contributed by atoms with Crippen LogP contribution in [0.1, 0.15) is 29.3 Å². The van der Waals surface area contributed by atoms with Crippen molar-refractivity contribution >= 4 is 44.0 Å². The van der Waals surface area contributed by atoms with Crippen LogP contribution < -0.4 is 15.4 Å². The van der Waals surface area contributed by atoms with Gasteiger partial charge >= 0.3 is 0 Å². The molecule has 1 fully saturated rings. The first-order valence-corrected chi connectivity index (χ1v) is 12.7. The first kappa shape index (κ1) is 24.7. The van der Waals surface area contributed by atoms with E-state index >= 15 is 4.39 Å². The molecule has 0 bridgehead atoms. The fraction of sp³-hybridized carbons (Fsp3) is 0.348. The molecule has 0 spiro atoms. The van der Waals surface area contributed by atoms with Crippen LogP contribution in [0.3, 0.4) is 0 Å². The van der Waals surface area contributed by atoms with Crippen LogP contribution in [0.4, 0.5) is 26.0 Å². The molecule has 2 heterocycles. The number of amides is 1. The lowest BCUT2D eigenvalue weighted by atomic mass is 10.0. The van der Waals surface area contributed by atoms with Gasteiger partial charge in [0.25, 0.3) is 5.91 Å². The second-order valence-corrected chi connectivity index (χ2v) is 10.5. The smallest absolute Gasteiger partial charge is 0.258 e. The van der Waals surface area contributed by atoms with E-state index in [-0.39, 0.29) is 17.4 Å². The molecule has 3 aromatic rings. The number of fused-ring (bicyclic) bond motifs is 1. The zero-order valence-corrected chi connectivity index (χ0v) is 20.3. The van der Waals surface area contributed by atoms with Crippen LogP contribution in [0.25, 0.3) is 10.9 Å². The quantitative estimate of drug-likeness (QED) is 0.431. The predicted molar refractivity (Wildman–Crippen MR) is 131 cm³/mol. The molecule has 1 saturated heterocycles. The molecule has 9 nitrogen and oxygen atoms in total. The zero-order valence-electron chi connectivity index (χ0n) is 19.5. The molecule has 4 rings (SSSR count). The summed E-state index contributed by atoms with van der Waals surface area (Å²) in [5, 5.41) is 6.20. The van der Waals surface area contributed by atoms with Crippen molar-refractivity contribution in [3.05, 3.63) is 53.4 Å². The lowest BCUT2D eigenvalue weighted by Crippen LogP contribution is -2.52. The van der Waals surface area contributed by atoms with Gasteiger partial charge in [-0.25, -0.2) is 27.2 Å². The van der Waals surface area contributed by atoms with Gasteiger partial charge in [-0.1, -0.05) is 6.92 Å². The minimum atomic E-state index is -3.82. The number of carbonyl (C=O) groups excluding carboxylic acids is 1. The van der Waals surface area contributed by atoms with Crippen LogP contribution >= 0.6 is 0 Å². The summed E-state index contributed by atoms with van der Waals surface area (Å²) in [7, 11) is -1.81.